The van der Waals surface area contributed by atoms with Gasteiger partial charge in [-0.25, -0.2) is 13.4 Å². The monoisotopic (exact) mass is 448 g/mol. The van der Waals surface area contributed by atoms with Crippen LogP contribution in [0.25, 0.3) is 0 Å². The zero-order valence-electron chi connectivity index (χ0n) is 16.5. The largest absolute Gasteiger partial charge is 0.437 e. The highest BCUT2D eigenvalue weighted by Gasteiger charge is 2.31. The third-order valence-electron chi connectivity index (χ3n) is 5.19. The first-order valence-corrected chi connectivity index (χ1v) is 11.1. The highest BCUT2D eigenvalue weighted by Crippen LogP contribution is 2.37. The minimum atomic E-state index is -4.55. The Hall–Kier alpha value is -3.07. The molecule has 0 fully saturated rings. The van der Waals surface area contributed by atoms with E-state index in [1.807, 2.05) is 19.1 Å². The van der Waals surface area contributed by atoms with Gasteiger partial charge in [0, 0.05) is 6.20 Å². The molecule has 0 saturated carbocycles. The number of aryl methyl sites for hydroxylation is 1. The van der Waals surface area contributed by atoms with Gasteiger partial charge in [0.2, 0.25) is 5.88 Å². The fourth-order valence-electron chi connectivity index (χ4n) is 3.63. The summed E-state index contributed by atoms with van der Waals surface area (Å²) >= 11 is 0. The summed E-state index contributed by atoms with van der Waals surface area (Å²) in [6.45, 7) is 2.04. The van der Waals surface area contributed by atoms with E-state index >= 15 is 0 Å². The van der Waals surface area contributed by atoms with E-state index < -0.39 is 21.8 Å². The molecule has 0 bridgehead atoms. The van der Waals surface area contributed by atoms with Crippen molar-refractivity contribution in [3.63, 3.8) is 0 Å². The smallest absolute Gasteiger partial charge is 0.416 e. The summed E-state index contributed by atoms with van der Waals surface area (Å²) in [5.41, 5.74) is 2.67. The minimum Gasteiger partial charge on any atom is -0.437 e. The second-order valence-electron chi connectivity index (χ2n) is 7.28. The van der Waals surface area contributed by atoms with Crippen molar-refractivity contribution >= 4 is 15.7 Å². The average molecular weight is 448 g/mol. The highest BCUT2D eigenvalue weighted by atomic mass is 32.2. The Kier molecular flexibility index (Phi) is 5.38. The Morgan fingerprint density at radius 2 is 1.71 bits per heavy atom. The number of nitrogens with one attached hydrogen (secondary N) is 1. The molecule has 2 aromatic carbocycles. The molecule has 0 unspecified atom stereocenters. The summed E-state index contributed by atoms with van der Waals surface area (Å²) in [5, 5.41) is 0. The van der Waals surface area contributed by atoms with E-state index in [1.54, 1.807) is 0 Å². The van der Waals surface area contributed by atoms with Crippen LogP contribution in [0.4, 0.5) is 18.9 Å². The quantitative estimate of drug-likeness (QED) is 0.560. The first-order valence-electron chi connectivity index (χ1n) is 9.59. The fourth-order valence-corrected chi connectivity index (χ4v) is 4.69. The van der Waals surface area contributed by atoms with E-state index in [9.17, 15) is 21.6 Å². The first-order chi connectivity index (χ1) is 14.6. The highest BCUT2D eigenvalue weighted by molar-refractivity contribution is 7.92. The van der Waals surface area contributed by atoms with Crippen LogP contribution in [-0.2, 0) is 29.0 Å². The zero-order valence-corrected chi connectivity index (χ0v) is 17.3. The molecule has 1 aliphatic rings. The van der Waals surface area contributed by atoms with Gasteiger partial charge in [0.25, 0.3) is 10.0 Å². The average Bonchev–Trinajstić information content (AvgIpc) is 3.22. The summed E-state index contributed by atoms with van der Waals surface area (Å²) < 4.78 is 72.0. The molecule has 0 aliphatic heterocycles. The Bertz CT molecular complexity index is 1220. The molecule has 31 heavy (non-hydrogen) atoms. The molecule has 0 radical (unpaired) electrons. The number of sulfonamides is 1. The summed E-state index contributed by atoms with van der Waals surface area (Å²) in [7, 11) is -4.15. The lowest BCUT2D eigenvalue weighted by Gasteiger charge is -2.15. The van der Waals surface area contributed by atoms with Gasteiger partial charge in [-0.3, -0.25) is 4.72 Å². The molecule has 9 heteroatoms. The maximum Gasteiger partial charge on any atom is 0.416 e. The molecule has 0 saturated heterocycles. The number of benzene rings is 2. The normalized spacial score (nSPS) is 13.7. The summed E-state index contributed by atoms with van der Waals surface area (Å²) in [6, 6.07) is 10.1. The van der Waals surface area contributed by atoms with Crippen molar-refractivity contribution in [3.05, 3.63) is 77.0 Å². The van der Waals surface area contributed by atoms with Crippen LogP contribution in [0.2, 0.25) is 0 Å². The SMILES string of the molecule is Cc1ccc(Oc2ncccc2NS(=O)(=O)c2ccc(C(F)(F)F)cc2)c2c1CCC2. The van der Waals surface area contributed by atoms with E-state index in [-0.39, 0.29) is 16.5 Å². The van der Waals surface area contributed by atoms with Crippen LogP contribution < -0.4 is 9.46 Å². The van der Waals surface area contributed by atoms with Crippen LogP contribution >= 0.6 is 0 Å². The van der Waals surface area contributed by atoms with Crippen molar-refractivity contribution in [1.82, 2.24) is 4.98 Å². The lowest BCUT2D eigenvalue weighted by atomic mass is 10.0. The number of ether oxygens (including phenoxy) is 1. The molecule has 3 aromatic rings. The number of halogens is 3. The third kappa shape index (κ3) is 4.36. The number of fused-ring (bicyclic) bond motifs is 1. The van der Waals surface area contributed by atoms with E-state index in [2.05, 4.69) is 9.71 Å². The number of anilines is 1. The van der Waals surface area contributed by atoms with Gasteiger partial charge < -0.3 is 4.74 Å². The topological polar surface area (TPSA) is 68.3 Å². The molecule has 1 aliphatic carbocycles. The lowest BCUT2D eigenvalue weighted by molar-refractivity contribution is -0.137. The lowest BCUT2D eigenvalue weighted by Crippen LogP contribution is -2.14. The minimum absolute atomic E-state index is 0.0657. The number of rotatable bonds is 5. The molecular formula is C22H19F3N2O3S. The predicted molar refractivity (Wildman–Crippen MR) is 110 cm³/mol. The molecule has 4 rings (SSSR count). The van der Waals surface area contributed by atoms with Gasteiger partial charge in [0.05, 0.1) is 10.5 Å². The second-order valence-corrected chi connectivity index (χ2v) is 8.96. The maximum absolute atomic E-state index is 12.8. The standard InChI is InChI=1S/C22H19F3N2O3S/c1-14-7-12-20(18-5-2-4-17(14)18)30-21-19(6-3-13-26-21)27-31(28,29)16-10-8-15(9-11-16)22(23,24)25/h3,6-13,27H,2,4-5H2,1H3. The van der Waals surface area contributed by atoms with Gasteiger partial charge in [-0.1, -0.05) is 6.07 Å². The van der Waals surface area contributed by atoms with E-state index in [4.69, 9.17) is 4.74 Å². The van der Waals surface area contributed by atoms with Crippen LogP contribution in [0.1, 0.15) is 28.7 Å². The molecular weight excluding hydrogens is 429 g/mol. The van der Waals surface area contributed by atoms with Gasteiger partial charge in [-0.15, -0.1) is 0 Å². The number of aromatic nitrogens is 1. The van der Waals surface area contributed by atoms with Crippen molar-refractivity contribution in [3.8, 4) is 11.6 Å². The number of pyridine rings is 1. The van der Waals surface area contributed by atoms with Crippen LogP contribution in [0.3, 0.4) is 0 Å². The Labute approximate surface area is 178 Å². The van der Waals surface area contributed by atoms with Crippen molar-refractivity contribution in [2.24, 2.45) is 0 Å². The van der Waals surface area contributed by atoms with Crippen LogP contribution in [-0.4, -0.2) is 13.4 Å². The van der Waals surface area contributed by atoms with Crippen LogP contribution in [0.15, 0.2) is 59.6 Å². The van der Waals surface area contributed by atoms with Gasteiger partial charge in [-0.2, -0.15) is 13.2 Å². The molecule has 0 spiro atoms. The van der Waals surface area contributed by atoms with Crippen molar-refractivity contribution in [1.29, 1.82) is 0 Å². The van der Waals surface area contributed by atoms with E-state index in [0.717, 1.165) is 49.1 Å². The molecule has 0 atom stereocenters. The van der Waals surface area contributed by atoms with Crippen LogP contribution in [0, 0.1) is 6.92 Å². The number of hydrogen-bond acceptors (Lipinski definition) is 4. The van der Waals surface area contributed by atoms with Crippen molar-refractivity contribution in [2.75, 3.05) is 4.72 Å². The number of hydrogen-bond donors (Lipinski definition) is 1. The molecule has 1 aromatic heterocycles. The van der Waals surface area contributed by atoms with Gasteiger partial charge in [-0.05, 0) is 85.3 Å². The van der Waals surface area contributed by atoms with Gasteiger partial charge >= 0.3 is 6.18 Å². The third-order valence-corrected chi connectivity index (χ3v) is 6.57. The summed E-state index contributed by atoms with van der Waals surface area (Å²) in [4.78, 5) is 3.85. The summed E-state index contributed by atoms with van der Waals surface area (Å²) in [6.07, 6.45) is -0.222. The fraction of sp³-hybridized carbons (Fsp3) is 0.227. The number of alkyl halides is 3. The molecule has 0 amide bonds. The zero-order chi connectivity index (χ0) is 22.2. The Morgan fingerprint density at radius 1 is 1.00 bits per heavy atom. The number of nitrogens with zero attached hydrogens (tertiary/aromatic N) is 1. The molecule has 162 valence electrons. The molecule has 1 heterocycles. The van der Waals surface area contributed by atoms with E-state index in [0.29, 0.717) is 5.75 Å². The second kappa shape index (κ2) is 7.88. The molecule has 1 N–H and O–H groups in total. The van der Waals surface area contributed by atoms with Crippen molar-refractivity contribution < 1.29 is 26.3 Å². The summed E-state index contributed by atoms with van der Waals surface area (Å²) in [5.74, 6) is 0.683. The first kappa shape index (κ1) is 21.2. The van der Waals surface area contributed by atoms with Crippen molar-refractivity contribution in [2.45, 2.75) is 37.3 Å². The Morgan fingerprint density at radius 3 is 2.42 bits per heavy atom. The van der Waals surface area contributed by atoms with E-state index in [1.165, 1.54) is 29.5 Å². The van der Waals surface area contributed by atoms with Gasteiger partial charge in [0.1, 0.15) is 11.4 Å². The van der Waals surface area contributed by atoms with Gasteiger partial charge in [0.15, 0.2) is 0 Å². The van der Waals surface area contributed by atoms with Crippen LogP contribution in [0.5, 0.6) is 11.6 Å². The maximum atomic E-state index is 12.8. The molecule has 5 nitrogen and oxygen atoms in total. The predicted octanol–water partition coefficient (Wildman–Crippen LogP) is 5.49. The Balaban J connectivity index is 1.62.